The lowest BCUT2D eigenvalue weighted by atomic mass is 10.0. The Hall–Kier alpha value is -1.47. The molecule has 2 fully saturated rings. The van der Waals surface area contributed by atoms with E-state index in [0.717, 1.165) is 24.8 Å². The number of sulfonamides is 1. The van der Waals surface area contributed by atoms with Crippen LogP contribution < -0.4 is 5.32 Å². The average molecular weight is 351 g/mol. The second-order valence-electron chi connectivity index (χ2n) is 6.95. The van der Waals surface area contributed by atoms with Gasteiger partial charge in [-0.3, -0.25) is 9.78 Å². The second kappa shape index (κ2) is 6.80. The van der Waals surface area contributed by atoms with E-state index in [1.165, 1.54) is 0 Å². The van der Waals surface area contributed by atoms with Gasteiger partial charge in [0.05, 0.1) is 5.75 Å². The molecule has 2 atom stereocenters. The fraction of sp³-hybridized carbons (Fsp3) is 0.647. The van der Waals surface area contributed by atoms with E-state index in [-0.39, 0.29) is 23.0 Å². The first-order valence-corrected chi connectivity index (χ1v) is 10.2. The molecule has 1 aliphatic carbocycles. The normalized spacial score (nSPS) is 26.6. The number of unbranched alkanes of at least 4 members (excludes halogenated alkanes) is 1. The number of aromatic nitrogens is 1. The van der Waals surface area contributed by atoms with E-state index < -0.39 is 10.0 Å². The highest BCUT2D eigenvalue weighted by molar-refractivity contribution is 7.89. The number of carbonyl (C=O) groups is 1. The van der Waals surface area contributed by atoms with Crippen LogP contribution in [0.4, 0.5) is 0 Å². The van der Waals surface area contributed by atoms with E-state index in [2.05, 4.69) is 10.3 Å². The van der Waals surface area contributed by atoms with Crippen LogP contribution in [0.15, 0.2) is 24.5 Å². The first-order valence-electron chi connectivity index (χ1n) is 8.61. The van der Waals surface area contributed by atoms with Crippen LogP contribution in [-0.4, -0.2) is 42.5 Å². The van der Waals surface area contributed by atoms with E-state index in [9.17, 15) is 13.2 Å². The van der Waals surface area contributed by atoms with E-state index in [0.29, 0.717) is 26.1 Å². The number of pyridine rings is 1. The molecule has 132 valence electrons. The number of hydrogen-bond donors (Lipinski definition) is 1. The standard InChI is InChI=1S/C17H25N3O3S/c1-2-3-10-24(22,23)20-9-6-17(13-20)11-15(17)16(21)19-12-14-4-7-18-8-5-14/h4-5,7-8,15H,2-3,6,9-13H2,1H3,(H,19,21). The van der Waals surface area contributed by atoms with Crippen molar-refractivity contribution in [3.63, 3.8) is 0 Å². The zero-order valence-electron chi connectivity index (χ0n) is 14.1. The maximum atomic E-state index is 12.4. The molecule has 2 unspecified atom stereocenters. The molecule has 1 amide bonds. The minimum Gasteiger partial charge on any atom is -0.352 e. The predicted molar refractivity (Wildman–Crippen MR) is 91.5 cm³/mol. The van der Waals surface area contributed by atoms with Gasteiger partial charge in [0, 0.05) is 37.9 Å². The van der Waals surface area contributed by atoms with Gasteiger partial charge >= 0.3 is 0 Å². The average Bonchev–Trinajstić information content (AvgIpc) is 3.11. The Labute approximate surface area is 143 Å². The van der Waals surface area contributed by atoms with Crippen molar-refractivity contribution in [3.05, 3.63) is 30.1 Å². The lowest BCUT2D eigenvalue weighted by Gasteiger charge is -2.16. The SMILES string of the molecule is CCCCS(=O)(=O)N1CCC2(CC2C(=O)NCc2ccncc2)C1. The molecule has 0 aromatic carbocycles. The Balaban J connectivity index is 1.52. The molecule has 2 aliphatic rings. The minimum atomic E-state index is -3.16. The van der Waals surface area contributed by atoms with Crippen molar-refractivity contribution in [2.24, 2.45) is 11.3 Å². The van der Waals surface area contributed by atoms with Crippen LogP contribution in [0.25, 0.3) is 0 Å². The Morgan fingerprint density at radius 2 is 2.17 bits per heavy atom. The van der Waals surface area contributed by atoms with Crippen LogP contribution in [0.5, 0.6) is 0 Å². The minimum absolute atomic E-state index is 0.0413. The van der Waals surface area contributed by atoms with Gasteiger partial charge < -0.3 is 5.32 Å². The van der Waals surface area contributed by atoms with E-state index in [1.807, 2.05) is 19.1 Å². The highest BCUT2D eigenvalue weighted by atomic mass is 32.2. The maximum absolute atomic E-state index is 12.4. The summed E-state index contributed by atoms with van der Waals surface area (Å²) in [4.78, 5) is 16.3. The summed E-state index contributed by atoms with van der Waals surface area (Å²) < 4.78 is 26.2. The molecule has 24 heavy (non-hydrogen) atoms. The van der Waals surface area contributed by atoms with E-state index >= 15 is 0 Å². The molecular weight excluding hydrogens is 326 g/mol. The van der Waals surface area contributed by atoms with Crippen molar-refractivity contribution in [1.82, 2.24) is 14.6 Å². The van der Waals surface area contributed by atoms with Gasteiger partial charge in [0.2, 0.25) is 15.9 Å². The molecule has 6 nitrogen and oxygen atoms in total. The molecule has 1 aromatic heterocycles. The molecular formula is C17H25N3O3S. The van der Waals surface area contributed by atoms with Crippen LogP contribution in [0.1, 0.15) is 38.2 Å². The van der Waals surface area contributed by atoms with Crippen molar-refractivity contribution in [1.29, 1.82) is 0 Å². The van der Waals surface area contributed by atoms with Gasteiger partial charge in [-0.2, -0.15) is 0 Å². The van der Waals surface area contributed by atoms with Crippen molar-refractivity contribution >= 4 is 15.9 Å². The fourth-order valence-electron chi connectivity index (χ4n) is 3.53. The number of rotatable bonds is 7. The molecule has 1 spiro atoms. The molecule has 1 saturated heterocycles. The van der Waals surface area contributed by atoms with Gasteiger partial charge in [0.25, 0.3) is 0 Å². The molecule has 7 heteroatoms. The third-order valence-corrected chi connectivity index (χ3v) is 7.12. The predicted octanol–water partition coefficient (Wildman–Crippen LogP) is 1.54. The van der Waals surface area contributed by atoms with Crippen molar-refractivity contribution in [3.8, 4) is 0 Å². The third kappa shape index (κ3) is 3.62. The summed E-state index contributed by atoms with van der Waals surface area (Å²) in [7, 11) is -3.16. The molecule has 0 radical (unpaired) electrons. The summed E-state index contributed by atoms with van der Waals surface area (Å²) in [6, 6.07) is 3.75. The molecule has 1 N–H and O–H groups in total. The van der Waals surface area contributed by atoms with Gasteiger partial charge in [-0.05, 0) is 42.4 Å². The quantitative estimate of drug-likeness (QED) is 0.808. The number of nitrogens with zero attached hydrogens (tertiary/aromatic N) is 2. The van der Waals surface area contributed by atoms with Crippen LogP contribution in [0.2, 0.25) is 0 Å². The van der Waals surface area contributed by atoms with Gasteiger partial charge in [-0.25, -0.2) is 12.7 Å². The van der Waals surface area contributed by atoms with Crippen molar-refractivity contribution < 1.29 is 13.2 Å². The molecule has 0 bridgehead atoms. The smallest absolute Gasteiger partial charge is 0.224 e. The van der Waals surface area contributed by atoms with Gasteiger partial charge in [-0.1, -0.05) is 13.3 Å². The Morgan fingerprint density at radius 1 is 1.42 bits per heavy atom. The molecule has 3 rings (SSSR count). The number of amides is 1. The maximum Gasteiger partial charge on any atom is 0.224 e. The van der Waals surface area contributed by atoms with Gasteiger partial charge in [-0.15, -0.1) is 0 Å². The zero-order chi connectivity index (χ0) is 17.2. The Bertz CT molecular complexity index is 692. The third-order valence-electron chi connectivity index (χ3n) is 5.22. The van der Waals surface area contributed by atoms with E-state index in [4.69, 9.17) is 0 Å². The summed E-state index contributed by atoms with van der Waals surface area (Å²) in [5, 5.41) is 2.97. The largest absolute Gasteiger partial charge is 0.352 e. The molecule has 1 aromatic rings. The van der Waals surface area contributed by atoms with Crippen molar-refractivity contribution in [2.45, 2.75) is 39.2 Å². The summed E-state index contributed by atoms with van der Waals surface area (Å²) >= 11 is 0. The molecule has 1 aliphatic heterocycles. The summed E-state index contributed by atoms with van der Waals surface area (Å²) in [5.41, 5.74) is 0.893. The lowest BCUT2D eigenvalue weighted by Crippen LogP contribution is -2.32. The monoisotopic (exact) mass is 351 g/mol. The number of nitrogens with one attached hydrogen (secondary N) is 1. The number of carbonyl (C=O) groups excluding carboxylic acids is 1. The number of hydrogen-bond acceptors (Lipinski definition) is 4. The highest BCUT2D eigenvalue weighted by Gasteiger charge is 2.61. The summed E-state index contributed by atoms with van der Waals surface area (Å²) in [6.45, 7) is 3.55. The van der Waals surface area contributed by atoms with Crippen LogP contribution in [0, 0.1) is 11.3 Å². The van der Waals surface area contributed by atoms with E-state index in [1.54, 1.807) is 16.7 Å². The van der Waals surface area contributed by atoms with Crippen LogP contribution in [-0.2, 0) is 21.4 Å². The first-order chi connectivity index (χ1) is 11.5. The lowest BCUT2D eigenvalue weighted by molar-refractivity contribution is -0.123. The first kappa shape index (κ1) is 17.4. The molecule has 1 saturated carbocycles. The zero-order valence-corrected chi connectivity index (χ0v) is 14.9. The van der Waals surface area contributed by atoms with Crippen LogP contribution >= 0.6 is 0 Å². The van der Waals surface area contributed by atoms with Crippen LogP contribution in [0.3, 0.4) is 0 Å². The topological polar surface area (TPSA) is 79.4 Å². The second-order valence-corrected chi connectivity index (χ2v) is 9.03. The van der Waals surface area contributed by atoms with Gasteiger partial charge in [0.15, 0.2) is 0 Å². The highest BCUT2D eigenvalue weighted by Crippen LogP contribution is 2.58. The fourth-order valence-corrected chi connectivity index (χ4v) is 5.27. The Morgan fingerprint density at radius 3 is 2.88 bits per heavy atom. The summed E-state index contributed by atoms with van der Waals surface area (Å²) in [5.74, 6) is 0.212. The molecule has 2 heterocycles. The van der Waals surface area contributed by atoms with Crippen molar-refractivity contribution in [2.75, 3.05) is 18.8 Å². The Kier molecular flexibility index (Phi) is 4.92. The summed E-state index contributed by atoms with van der Waals surface area (Å²) in [6.07, 6.45) is 6.58. The van der Waals surface area contributed by atoms with Gasteiger partial charge in [0.1, 0.15) is 0 Å².